The van der Waals surface area contributed by atoms with E-state index in [2.05, 4.69) is 114 Å². The summed E-state index contributed by atoms with van der Waals surface area (Å²) in [6.07, 6.45) is 0. The molecular formula is C34H30N4. The molecule has 0 saturated carbocycles. The molecule has 6 aromatic carbocycles. The van der Waals surface area contributed by atoms with E-state index in [4.69, 9.17) is 9.98 Å². The van der Waals surface area contributed by atoms with E-state index in [1.807, 2.05) is 33.0 Å². The summed E-state index contributed by atoms with van der Waals surface area (Å²) in [5, 5.41) is 9.54. The molecule has 0 atom stereocenters. The molecule has 38 heavy (non-hydrogen) atoms. The van der Waals surface area contributed by atoms with Crippen molar-refractivity contribution in [3.8, 4) is 0 Å². The molecule has 0 aliphatic rings. The highest BCUT2D eigenvalue weighted by Crippen LogP contribution is 2.32. The van der Waals surface area contributed by atoms with Crippen molar-refractivity contribution in [3.05, 3.63) is 109 Å². The van der Waals surface area contributed by atoms with Crippen LogP contribution in [0.5, 0.6) is 0 Å². The SMILES string of the molecule is C/C(=N\c1cccc2cc3ccccc3cc12)N(C)/C(=N\c1cccc2cc3ccccc3cc12)N(C)C. The van der Waals surface area contributed by atoms with Crippen LogP contribution in [0.3, 0.4) is 0 Å². The van der Waals surface area contributed by atoms with Gasteiger partial charge in [-0.15, -0.1) is 0 Å². The first-order valence-electron chi connectivity index (χ1n) is 12.9. The van der Waals surface area contributed by atoms with Gasteiger partial charge in [0.05, 0.1) is 11.4 Å². The minimum Gasteiger partial charge on any atom is -0.348 e. The highest BCUT2D eigenvalue weighted by atomic mass is 15.4. The first kappa shape index (κ1) is 23.7. The highest BCUT2D eigenvalue weighted by molar-refractivity contribution is 6.08. The summed E-state index contributed by atoms with van der Waals surface area (Å²) in [5.41, 5.74) is 1.89. The van der Waals surface area contributed by atoms with Crippen LogP contribution in [0.4, 0.5) is 11.4 Å². The maximum Gasteiger partial charge on any atom is 0.206 e. The lowest BCUT2D eigenvalue weighted by molar-refractivity contribution is 0.531. The minimum absolute atomic E-state index is 0.817. The minimum atomic E-state index is 0.817. The van der Waals surface area contributed by atoms with Gasteiger partial charge in [-0.1, -0.05) is 72.8 Å². The lowest BCUT2D eigenvalue weighted by atomic mass is 10.0. The fourth-order valence-electron chi connectivity index (χ4n) is 5.07. The van der Waals surface area contributed by atoms with Gasteiger partial charge in [0.15, 0.2) is 0 Å². The van der Waals surface area contributed by atoms with Crippen molar-refractivity contribution < 1.29 is 0 Å². The zero-order chi connectivity index (χ0) is 26.2. The number of benzene rings is 6. The van der Waals surface area contributed by atoms with Gasteiger partial charge in [-0.25, -0.2) is 9.98 Å². The van der Waals surface area contributed by atoms with Crippen molar-refractivity contribution >= 4 is 66.3 Å². The molecule has 0 radical (unpaired) electrons. The maximum atomic E-state index is 5.15. The van der Waals surface area contributed by atoms with Crippen molar-refractivity contribution in [2.24, 2.45) is 9.98 Å². The van der Waals surface area contributed by atoms with E-state index in [-0.39, 0.29) is 0 Å². The van der Waals surface area contributed by atoms with E-state index in [0.717, 1.165) is 33.9 Å². The molecule has 0 aliphatic heterocycles. The van der Waals surface area contributed by atoms with E-state index in [1.54, 1.807) is 0 Å². The van der Waals surface area contributed by atoms with Gasteiger partial charge in [-0.05, 0) is 75.6 Å². The Morgan fingerprint density at radius 1 is 0.500 bits per heavy atom. The van der Waals surface area contributed by atoms with Crippen LogP contribution < -0.4 is 0 Å². The van der Waals surface area contributed by atoms with E-state index < -0.39 is 0 Å². The predicted octanol–water partition coefficient (Wildman–Crippen LogP) is 8.53. The van der Waals surface area contributed by atoms with Gasteiger partial charge in [0.2, 0.25) is 5.96 Å². The smallest absolute Gasteiger partial charge is 0.206 e. The normalized spacial score (nSPS) is 12.5. The van der Waals surface area contributed by atoms with Crippen LogP contribution in [0.2, 0.25) is 0 Å². The molecule has 6 rings (SSSR count). The topological polar surface area (TPSA) is 31.2 Å². The summed E-state index contributed by atoms with van der Waals surface area (Å²) in [4.78, 5) is 14.3. The Kier molecular flexibility index (Phi) is 6.01. The number of aliphatic imine (C=N–C) groups is 2. The molecule has 0 heterocycles. The average Bonchev–Trinajstić information content (AvgIpc) is 2.93. The predicted molar refractivity (Wildman–Crippen MR) is 164 cm³/mol. The van der Waals surface area contributed by atoms with Crippen LogP contribution in [0.15, 0.2) is 119 Å². The maximum absolute atomic E-state index is 5.15. The second-order valence-electron chi connectivity index (χ2n) is 9.92. The molecule has 0 N–H and O–H groups in total. The van der Waals surface area contributed by atoms with Gasteiger partial charge in [-0.3, -0.25) is 0 Å². The second-order valence-corrected chi connectivity index (χ2v) is 9.92. The number of guanidine groups is 1. The second kappa shape index (κ2) is 9.64. The largest absolute Gasteiger partial charge is 0.348 e. The van der Waals surface area contributed by atoms with Crippen LogP contribution in [-0.2, 0) is 0 Å². The number of fused-ring (bicyclic) bond motifs is 4. The van der Waals surface area contributed by atoms with Crippen LogP contribution in [0.1, 0.15) is 6.92 Å². The summed E-state index contributed by atoms with van der Waals surface area (Å²) < 4.78 is 0. The standard InChI is InChI=1S/C34H30N4/c1-23(35-32-17-9-15-28-19-24-11-5-7-13-26(24)21-30(28)32)38(4)34(37(2)3)36-33-18-10-16-29-20-25-12-6-8-14-27(25)22-31(29)33/h5-22H,1-4H3/b35-23+,36-34-. The number of amidine groups is 1. The first-order chi connectivity index (χ1) is 18.5. The van der Waals surface area contributed by atoms with Gasteiger partial charge in [0.25, 0.3) is 0 Å². The van der Waals surface area contributed by atoms with E-state index >= 15 is 0 Å². The van der Waals surface area contributed by atoms with Crippen LogP contribution in [0.25, 0.3) is 43.1 Å². The van der Waals surface area contributed by atoms with Crippen molar-refractivity contribution in [1.82, 2.24) is 9.80 Å². The Bertz CT molecular complexity index is 1880. The molecule has 0 bridgehead atoms. The van der Waals surface area contributed by atoms with Crippen molar-refractivity contribution in [1.29, 1.82) is 0 Å². The summed E-state index contributed by atoms with van der Waals surface area (Å²) >= 11 is 0. The monoisotopic (exact) mass is 494 g/mol. The molecule has 186 valence electrons. The molecule has 0 aromatic heterocycles. The third-order valence-electron chi connectivity index (χ3n) is 7.14. The van der Waals surface area contributed by atoms with Gasteiger partial charge < -0.3 is 9.80 Å². The van der Waals surface area contributed by atoms with E-state index in [9.17, 15) is 0 Å². The molecule has 0 fully saturated rings. The highest BCUT2D eigenvalue weighted by Gasteiger charge is 2.14. The van der Waals surface area contributed by atoms with Crippen molar-refractivity contribution in [2.45, 2.75) is 6.92 Å². The summed E-state index contributed by atoms with van der Waals surface area (Å²) in [5.74, 6) is 1.68. The third-order valence-corrected chi connectivity index (χ3v) is 7.14. The van der Waals surface area contributed by atoms with Crippen LogP contribution in [-0.4, -0.2) is 42.7 Å². The first-order valence-corrected chi connectivity index (χ1v) is 12.9. The molecule has 0 spiro atoms. The molecule has 0 unspecified atom stereocenters. The Morgan fingerprint density at radius 3 is 1.39 bits per heavy atom. The van der Waals surface area contributed by atoms with Crippen LogP contribution >= 0.6 is 0 Å². The van der Waals surface area contributed by atoms with Gasteiger partial charge in [0, 0.05) is 31.9 Å². The van der Waals surface area contributed by atoms with Gasteiger partial charge >= 0.3 is 0 Å². The number of nitrogens with zero attached hydrogens (tertiary/aromatic N) is 4. The Hall–Kier alpha value is -4.70. The van der Waals surface area contributed by atoms with Gasteiger partial charge in [0.1, 0.15) is 5.84 Å². The number of hydrogen-bond donors (Lipinski definition) is 0. The Balaban J connectivity index is 1.43. The van der Waals surface area contributed by atoms with Gasteiger partial charge in [-0.2, -0.15) is 0 Å². The Morgan fingerprint density at radius 2 is 0.921 bits per heavy atom. The average molecular weight is 495 g/mol. The summed E-state index contributed by atoms with van der Waals surface area (Å²) in [6.45, 7) is 2.04. The lowest BCUT2D eigenvalue weighted by Crippen LogP contribution is -2.40. The quantitative estimate of drug-likeness (QED) is 0.137. The Labute approximate surface area is 223 Å². The van der Waals surface area contributed by atoms with Crippen LogP contribution in [0, 0.1) is 0 Å². The fraction of sp³-hybridized carbons (Fsp3) is 0.118. The zero-order valence-corrected chi connectivity index (χ0v) is 22.2. The zero-order valence-electron chi connectivity index (χ0n) is 22.2. The van der Waals surface area contributed by atoms with Crippen molar-refractivity contribution in [2.75, 3.05) is 21.1 Å². The molecule has 4 nitrogen and oxygen atoms in total. The molecular weight excluding hydrogens is 464 g/mol. The third kappa shape index (κ3) is 4.35. The summed E-state index contributed by atoms with van der Waals surface area (Å²) in [7, 11) is 6.07. The number of hydrogen-bond acceptors (Lipinski definition) is 2. The van der Waals surface area contributed by atoms with E-state index in [0.29, 0.717) is 0 Å². The molecule has 0 aliphatic carbocycles. The molecule has 0 amide bonds. The molecule has 0 saturated heterocycles. The van der Waals surface area contributed by atoms with E-state index in [1.165, 1.54) is 32.3 Å². The lowest BCUT2D eigenvalue weighted by Gasteiger charge is -2.26. The summed E-state index contributed by atoms with van der Waals surface area (Å²) in [6, 6.07) is 38.5. The molecule has 6 aromatic rings. The molecule has 4 heteroatoms. The fourth-order valence-corrected chi connectivity index (χ4v) is 5.07. The van der Waals surface area contributed by atoms with Crippen molar-refractivity contribution in [3.63, 3.8) is 0 Å². The number of rotatable bonds is 2.